The molecule has 0 spiro atoms. The van der Waals surface area contributed by atoms with Crippen LogP contribution in [0.5, 0.6) is 11.5 Å². The van der Waals surface area contributed by atoms with Crippen LogP contribution in [0.4, 0.5) is 8.78 Å². The largest absolute Gasteiger partial charge is 0.493 e. The molecule has 0 unspecified atom stereocenters. The van der Waals surface area contributed by atoms with Crippen molar-refractivity contribution >= 4 is 27.5 Å². The first kappa shape index (κ1) is 22.5. The van der Waals surface area contributed by atoms with Crippen LogP contribution in [-0.4, -0.2) is 13.7 Å². The second-order valence-corrected chi connectivity index (χ2v) is 7.91. The van der Waals surface area contributed by atoms with Gasteiger partial charge in [-0.2, -0.15) is 0 Å². The zero-order valence-electron chi connectivity index (χ0n) is 16.4. The van der Waals surface area contributed by atoms with Gasteiger partial charge in [-0.25, -0.2) is 8.78 Å². The normalized spacial score (nSPS) is 10.8. The molecule has 0 fully saturated rings. The Morgan fingerprint density at radius 2 is 1.80 bits per heavy atom. The molecule has 3 nitrogen and oxygen atoms in total. The SMILES string of the molecule is COc1cc(CNCCc2ccc(F)cc2)cc(Br)c1OCc1c(F)cccc1Cl. The monoisotopic (exact) mass is 495 g/mol. The van der Waals surface area contributed by atoms with Crippen molar-refractivity contribution in [1.29, 1.82) is 0 Å². The minimum atomic E-state index is -0.417. The molecule has 0 aliphatic carbocycles. The number of methoxy groups -OCH3 is 1. The zero-order chi connectivity index (χ0) is 21.5. The maximum atomic E-state index is 14.0. The van der Waals surface area contributed by atoms with Crippen LogP contribution in [0.1, 0.15) is 16.7 Å². The third-order valence-electron chi connectivity index (χ3n) is 4.54. The van der Waals surface area contributed by atoms with Crippen molar-refractivity contribution in [3.63, 3.8) is 0 Å². The Morgan fingerprint density at radius 3 is 2.50 bits per heavy atom. The topological polar surface area (TPSA) is 30.5 Å². The minimum absolute atomic E-state index is 0.0181. The van der Waals surface area contributed by atoms with E-state index in [1.807, 2.05) is 12.1 Å². The van der Waals surface area contributed by atoms with Gasteiger partial charge in [0.25, 0.3) is 0 Å². The van der Waals surface area contributed by atoms with E-state index in [4.69, 9.17) is 21.1 Å². The molecule has 0 aliphatic rings. The lowest BCUT2D eigenvalue weighted by atomic mass is 10.1. The first-order valence-electron chi connectivity index (χ1n) is 9.35. The molecule has 0 amide bonds. The van der Waals surface area contributed by atoms with Gasteiger partial charge in [0.05, 0.1) is 16.6 Å². The molecule has 3 aromatic rings. The molecule has 0 radical (unpaired) electrons. The van der Waals surface area contributed by atoms with Crippen LogP contribution >= 0.6 is 27.5 Å². The van der Waals surface area contributed by atoms with Crippen LogP contribution in [-0.2, 0) is 19.6 Å². The Hall–Kier alpha value is -2.15. The van der Waals surface area contributed by atoms with E-state index in [9.17, 15) is 8.78 Å². The fourth-order valence-electron chi connectivity index (χ4n) is 2.95. The van der Waals surface area contributed by atoms with E-state index in [1.165, 1.54) is 18.2 Å². The van der Waals surface area contributed by atoms with Crippen molar-refractivity contribution in [2.45, 2.75) is 19.6 Å². The summed E-state index contributed by atoms with van der Waals surface area (Å²) in [4.78, 5) is 0. The van der Waals surface area contributed by atoms with Crippen molar-refractivity contribution in [3.8, 4) is 11.5 Å². The van der Waals surface area contributed by atoms with E-state index in [0.29, 0.717) is 33.1 Å². The van der Waals surface area contributed by atoms with Gasteiger partial charge >= 0.3 is 0 Å². The summed E-state index contributed by atoms with van der Waals surface area (Å²) in [5.74, 6) is 0.363. The van der Waals surface area contributed by atoms with E-state index in [0.717, 1.165) is 24.1 Å². The molecule has 0 bridgehead atoms. The van der Waals surface area contributed by atoms with E-state index in [-0.39, 0.29) is 12.4 Å². The van der Waals surface area contributed by atoms with Gasteiger partial charge in [0.1, 0.15) is 18.2 Å². The predicted molar refractivity (Wildman–Crippen MR) is 118 cm³/mol. The maximum Gasteiger partial charge on any atom is 0.175 e. The molecule has 0 aromatic heterocycles. The van der Waals surface area contributed by atoms with E-state index < -0.39 is 5.82 Å². The molecule has 0 heterocycles. The van der Waals surface area contributed by atoms with Crippen LogP contribution in [0.3, 0.4) is 0 Å². The van der Waals surface area contributed by atoms with Crippen LogP contribution in [0.25, 0.3) is 0 Å². The first-order chi connectivity index (χ1) is 14.5. The number of benzene rings is 3. The fraction of sp³-hybridized carbons (Fsp3) is 0.217. The smallest absolute Gasteiger partial charge is 0.175 e. The first-order valence-corrected chi connectivity index (χ1v) is 10.5. The van der Waals surface area contributed by atoms with Crippen LogP contribution in [0.2, 0.25) is 5.02 Å². The number of rotatable bonds is 9. The number of hydrogen-bond acceptors (Lipinski definition) is 3. The van der Waals surface area contributed by atoms with E-state index >= 15 is 0 Å². The minimum Gasteiger partial charge on any atom is -0.493 e. The van der Waals surface area contributed by atoms with E-state index in [2.05, 4.69) is 21.2 Å². The van der Waals surface area contributed by atoms with Gasteiger partial charge in [0.2, 0.25) is 0 Å². The molecule has 0 saturated carbocycles. The molecular formula is C23H21BrClF2NO2. The summed E-state index contributed by atoms with van der Waals surface area (Å²) in [5.41, 5.74) is 2.35. The number of hydrogen-bond donors (Lipinski definition) is 1. The summed E-state index contributed by atoms with van der Waals surface area (Å²) in [6, 6.07) is 14.8. The average molecular weight is 497 g/mol. The van der Waals surface area contributed by atoms with Gasteiger partial charge in [-0.15, -0.1) is 0 Å². The third-order valence-corrected chi connectivity index (χ3v) is 5.49. The summed E-state index contributed by atoms with van der Waals surface area (Å²) < 4.78 is 38.9. The molecular weight excluding hydrogens is 476 g/mol. The molecule has 0 saturated heterocycles. The van der Waals surface area contributed by atoms with Crippen molar-refractivity contribution in [2.24, 2.45) is 0 Å². The molecule has 30 heavy (non-hydrogen) atoms. The second kappa shape index (κ2) is 10.8. The molecule has 0 atom stereocenters. The highest BCUT2D eigenvalue weighted by Gasteiger charge is 2.14. The van der Waals surface area contributed by atoms with Crippen molar-refractivity contribution in [2.75, 3.05) is 13.7 Å². The predicted octanol–water partition coefficient (Wildman–Crippen LogP) is 6.30. The van der Waals surface area contributed by atoms with Gasteiger partial charge in [-0.1, -0.05) is 29.8 Å². The summed E-state index contributed by atoms with van der Waals surface area (Å²) in [6.45, 7) is 1.35. The van der Waals surface area contributed by atoms with Crippen molar-refractivity contribution < 1.29 is 18.3 Å². The molecule has 1 N–H and O–H groups in total. The quantitative estimate of drug-likeness (QED) is 0.353. The Morgan fingerprint density at radius 1 is 1.03 bits per heavy atom. The summed E-state index contributed by atoms with van der Waals surface area (Å²) in [5, 5.41) is 3.67. The van der Waals surface area contributed by atoms with Crippen LogP contribution in [0, 0.1) is 11.6 Å². The van der Waals surface area contributed by atoms with Crippen LogP contribution < -0.4 is 14.8 Å². The lowest BCUT2D eigenvalue weighted by Crippen LogP contribution is -2.16. The average Bonchev–Trinajstić information content (AvgIpc) is 2.73. The highest BCUT2D eigenvalue weighted by molar-refractivity contribution is 9.10. The van der Waals surface area contributed by atoms with Gasteiger partial charge < -0.3 is 14.8 Å². The van der Waals surface area contributed by atoms with Crippen LogP contribution in [0.15, 0.2) is 59.1 Å². The standard InChI is InChI=1S/C23H21BrClF2NO2/c1-29-22-12-16(13-28-10-9-15-5-7-17(26)8-6-15)11-19(24)23(22)30-14-18-20(25)3-2-4-21(18)27/h2-8,11-12,28H,9-10,13-14H2,1H3. The summed E-state index contributed by atoms with van der Waals surface area (Å²) >= 11 is 9.57. The molecule has 3 aromatic carbocycles. The lowest BCUT2D eigenvalue weighted by Gasteiger charge is -2.15. The van der Waals surface area contributed by atoms with Gasteiger partial charge in [0.15, 0.2) is 11.5 Å². The summed E-state index contributed by atoms with van der Waals surface area (Å²) in [7, 11) is 1.55. The Bertz CT molecular complexity index is 979. The molecule has 7 heteroatoms. The molecule has 3 rings (SSSR count). The third kappa shape index (κ3) is 5.94. The van der Waals surface area contributed by atoms with Gasteiger partial charge in [-0.3, -0.25) is 0 Å². The summed E-state index contributed by atoms with van der Waals surface area (Å²) in [6.07, 6.45) is 0.795. The van der Waals surface area contributed by atoms with Crippen molar-refractivity contribution in [3.05, 3.63) is 92.4 Å². The Labute approximate surface area is 188 Å². The zero-order valence-corrected chi connectivity index (χ0v) is 18.7. The maximum absolute atomic E-state index is 14.0. The van der Waals surface area contributed by atoms with Crippen molar-refractivity contribution in [1.82, 2.24) is 5.32 Å². The molecule has 158 valence electrons. The molecule has 0 aliphatic heterocycles. The van der Waals surface area contributed by atoms with Gasteiger partial charge in [-0.05, 0) is 76.4 Å². The van der Waals surface area contributed by atoms with Gasteiger partial charge in [0, 0.05) is 12.1 Å². The lowest BCUT2D eigenvalue weighted by molar-refractivity contribution is 0.277. The second-order valence-electron chi connectivity index (χ2n) is 6.65. The Balaban J connectivity index is 1.61. The highest BCUT2D eigenvalue weighted by atomic mass is 79.9. The number of ether oxygens (including phenoxy) is 2. The van der Waals surface area contributed by atoms with E-state index in [1.54, 1.807) is 31.4 Å². The Kier molecular flexibility index (Phi) is 8.08. The highest BCUT2D eigenvalue weighted by Crippen LogP contribution is 2.37. The number of halogens is 4. The fourth-order valence-corrected chi connectivity index (χ4v) is 3.77. The number of nitrogens with one attached hydrogen (secondary N) is 1.